The molecule has 2 aliphatic rings. The third-order valence-electron chi connectivity index (χ3n) is 8.10. The number of aliphatic carboxylic acids is 1. The zero-order chi connectivity index (χ0) is 29.6. The van der Waals surface area contributed by atoms with Gasteiger partial charge in [0.2, 0.25) is 12.7 Å². The van der Waals surface area contributed by atoms with Crippen LogP contribution in [-0.2, 0) is 27.2 Å². The highest BCUT2D eigenvalue weighted by molar-refractivity contribution is 5.94. The molecule has 1 saturated heterocycles. The molecule has 9 heteroatoms. The number of para-hydroxylation sites is 1. The molecule has 0 saturated carbocycles. The molecule has 1 unspecified atom stereocenters. The van der Waals surface area contributed by atoms with Gasteiger partial charge in [-0.25, -0.2) is 0 Å². The van der Waals surface area contributed by atoms with Crippen LogP contribution in [0.5, 0.6) is 17.2 Å². The van der Waals surface area contributed by atoms with Gasteiger partial charge in [-0.1, -0.05) is 50.2 Å². The van der Waals surface area contributed by atoms with Crippen molar-refractivity contribution >= 4 is 17.6 Å². The molecule has 2 N–H and O–H groups in total. The van der Waals surface area contributed by atoms with Crippen LogP contribution in [0.15, 0.2) is 60.7 Å². The van der Waals surface area contributed by atoms with Crippen LogP contribution < -0.4 is 19.5 Å². The Hall–Kier alpha value is -4.08. The number of aryl methyl sites for hydroxylation is 2. The van der Waals surface area contributed by atoms with E-state index in [1.807, 2.05) is 65.6 Å². The zero-order valence-electron chi connectivity index (χ0n) is 24.3. The minimum absolute atomic E-state index is 0.0444. The van der Waals surface area contributed by atoms with Crippen LogP contribution >= 0.6 is 0 Å². The van der Waals surface area contributed by atoms with Gasteiger partial charge in [-0.3, -0.25) is 14.5 Å². The predicted octanol–water partition coefficient (Wildman–Crippen LogP) is 5.05. The maximum Gasteiger partial charge on any atom is 0.309 e. The normalized spacial score (nSPS) is 19.5. The number of nitrogens with one attached hydrogen (secondary N) is 1. The molecule has 0 aromatic heterocycles. The van der Waals surface area contributed by atoms with Crippen molar-refractivity contribution in [3.63, 3.8) is 0 Å². The van der Waals surface area contributed by atoms with Crippen LogP contribution in [0, 0.1) is 5.92 Å². The van der Waals surface area contributed by atoms with Crippen LogP contribution in [-0.4, -0.2) is 62.1 Å². The van der Waals surface area contributed by atoms with Crippen LogP contribution in [0.25, 0.3) is 0 Å². The second kappa shape index (κ2) is 13.3. The molecule has 5 rings (SSSR count). The highest BCUT2D eigenvalue weighted by atomic mass is 16.7. The van der Waals surface area contributed by atoms with E-state index in [2.05, 4.69) is 19.2 Å². The van der Waals surface area contributed by atoms with Gasteiger partial charge < -0.3 is 29.4 Å². The predicted molar refractivity (Wildman–Crippen MR) is 158 cm³/mol. The number of benzene rings is 3. The van der Waals surface area contributed by atoms with Crippen molar-refractivity contribution in [2.75, 3.05) is 45.5 Å². The second-order valence-corrected chi connectivity index (χ2v) is 10.6. The van der Waals surface area contributed by atoms with Gasteiger partial charge >= 0.3 is 5.97 Å². The van der Waals surface area contributed by atoms with E-state index in [0.29, 0.717) is 37.0 Å². The van der Waals surface area contributed by atoms with E-state index in [4.69, 9.17) is 18.9 Å². The molecular weight excluding hydrogens is 536 g/mol. The van der Waals surface area contributed by atoms with Crippen molar-refractivity contribution in [3.05, 3.63) is 82.9 Å². The van der Waals surface area contributed by atoms with Gasteiger partial charge in [0, 0.05) is 31.3 Å². The second-order valence-electron chi connectivity index (χ2n) is 10.6. The number of carboxylic acids is 1. The van der Waals surface area contributed by atoms with Gasteiger partial charge in [-0.05, 0) is 59.4 Å². The van der Waals surface area contributed by atoms with Crippen LogP contribution in [0.2, 0.25) is 0 Å². The highest BCUT2D eigenvalue weighted by Crippen LogP contribution is 2.47. The summed E-state index contributed by atoms with van der Waals surface area (Å²) in [7, 11) is 1.61. The largest absolute Gasteiger partial charge is 0.491 e. The number of hydrogen-bond acceptors (Lipinski definition) is 7. The molecule has 2 heterocycles. The zero-order valence-corrected chi connectivity index (χ0v) is 24.3. The number of likely N-dealkylation sites (tertiary alicyclic amines) is 1. The summed E-state index contributed by atoms with van der Waals surface area (Å²) in [5.41, 5.74) is 4.64. The highest BCUT2D eigenvalue weighted by Gasteiger charge is 2.48. The molecule has 1 amide bonds. The van der Waals surface area contributed by atoms with Crippen LogP contribution in [0.1, 0.15) is 48.1 Å². The number of ether oxygens (including phenoxy) is 4. The smallest absolute Gasteiger partial charge is 0.309 e. The van der Waals surface area contributed by atoms with Gasteiger partial charge in [0.25, 0.3) is 0 Å². The molecule has 0 bridgehead atoms. The Bertz CT molecular complexity index is 1390. The molecule has 2 aliphatic heterocycles. The fourth-order valence-electron chi connectivity index (χ4n) is 6.04. The Balaban J connectivity index is 1.46. The fraction of sp³-hybridized carbons (Fsp3) is 0.394. The van der Waals surface area contributed by atoms with E-state index < -0.39 is 17.9 Å². The number of amides is 1. The number of fused-ring (bicyclic) bond motifs is 1. The average Bonchev–Trinajstić information content (AvgIpc) is 3.62. The summed E-state index contributed by atoms with van der Waals surface area (Å²) in [6.07, 6.45) is 1.59. The summed E-state index contributed by atoms with van der Waals surface area (Å²) < 4.78 is 21.9. The monoisotopic (exact) mass is 574 g/mol. The van der Waals surface area contributed by atoms with Gasteiger partial charge in [0.1, 0.15) is 12.4 Å². The minimum atomic E-state index is -0.921. The summed E-state index contributed by atoms with van der Waals surface area (Å²) in [6, 6.07) is 18.6. The standard InChI is InChI=1S/C33H38N2O7/c1-4-21-7-6-8-22(5-2)31(21)34-29(36)19-35-18-26(24-11-14-27-28(17-24)42-20-41-27)30(33(37)38)32(35)23-9-12-25(13-10-23)40-16-15-39-3/h6-14,17,26,30,32H,4-5,15-16,18-20H2,1-3H3,(H,34,36)(H,37,38)/t26-,30?,32+/m1/s1. The van der Waals surface area contributed by atoms with E-state index in [-0.39, 0.29) is 25.2 Å². The lowest BCUT2D eigenvalue weighted by molar-refractivity contribution is -0.143. The maximum atomic E-state index is 13.6. The molecular formula is C33H38N2O7. The fourth-order valence-corrected chi connectivity index (χ4v) is 6.04. The first-order valence-corrected chi connectivity index (χ1v) is 14.4. The first-order chi connectivity index (χ1) is 20.4. The summed E-state index contributed by atoms with van der Waals surface area (Å²) in [5, 5.41) is 13.7. The van der Waals surface area contributed by atoms with Crippen molar-refractivity contribution in [2.45, 2.75) is 38.6 Å². The van der Waals surface area contributed by atoms with E-state index in [1.165, 1.54) is 0 Å². The minimum Gasteiger partial charge on any atom is -0.491 e. The number of carbonyl (C=O) groups is 2. The van der Waals surface area contributed by atoms with Crippen molar-refractivity contribution < 1.29 is 33.6 Å². The average molecular weight is 575 g/mol. The lowest BCUT2D eigenvalue weighted by Crippen LogP contribution is -2.35. The number of rotatable bonds is 12. The quantitative estimate of drug-likeness (QED) is 0.290. The molecule has 3 atom stereocenters. The molecule has 3 aromatic rings. The Morgan fingerprint density at radius 1 is 0.952 bits per heavy atom. The number of methoxy groups -OCH3 is 1. The molecule has 0 aliphatic carbocycles. The first-order valence-electron chi connectivity index (χ1n) is 14.4. The number of carbonyl (C=O) groups excluding carboxylic acids is 1. The van der Waals surface area contributed by atoms with E-state index >= 15 is 0 Å². The third-order valence-corrected chi connectivity index (χ3v) is 8.10. The number of nitrogens with zero attached hydrogens (tertiary/aromatic N) is 1. The van der Waals surface area contributed by atoms with Gasteiger partial charge in [0.15, 0.2) is 11.5 Å². The SMILES string of the molecule is CCc1cccc(CC)c1NC(=O)CN1C[C@H](c2ccc3c(c2)OCO3)C(C(=O)O)[C@@H]1c1ccc(OCCOC)cc1. The van der Waals surface area contributed by atoms with Crippen LogP contribution in [0.3, 0.4) is 0 Å². The third kappa shape index (κ3) is 6.22. The Morgan fingerprint density at radius 2 is 1.64 bits per heavy atom. The number of carboxylic acid groups (broad SMARTS) is 1. The van der Waals surface area contributed by atoms with Crippen molar-refractivity contribution in [1.82, 2.24) is 4.90 Å². The van der Waals surface area contributed by atoms with Gasteiger partial charge in [0.05, 0.1) is 19.1 Å². The maximum absolute atomic E-state index is 13.6. The Labute approximate surface area is 246 Å². The summed E-state index contributed by atoms with van der Waals surface area (Å²) in [4.78, 5) is 28.5. The molecule has 0 radical (unpaired) electrons. The first kappa shape index (κ1) is 29.4. The van der Waals surface area contributed by atoms with Crippen molar-refractivity contribution in [3.8, 4) is 17.2 Å². The van der Waals surface area contributed by atoms with Crippen molar-refractivity contribution in [1.29, 1.82) is 0 Å². The number of hydrogen-bond donors (Lipinski definition) is 2. The van der Waals surface area contributed by atoms with Gasteiger partial charge in [-0.2, -0.15) is 0 Å². The van der Waals surface area contributed by atoms with E-state index in [9.17, 15) is 14.7 Å². The summed E-state index contributed by atoms with van der Waals surface area (Å²) >= 11 is 0. The van der Waals surface area contributed by atoms with Gasteiger partial charge in [-0.15, -0.1) is 0 Å². The summed E-state index contributed by atoms with van der Waals surface area (Å²) in [5.74, 6) is -0.358. The molecule has 42 heavy (non-hydrogen) atoms. The lowest BCUT2D eigenvalue weighted by Gasteiger charge is -2.27. The molecule has 0 spiro atoms. The van der Waals surface area contributed by atoms with Crippen LogP contribution in [0.4, 0.5) is 5.69 Å². The molecule has 1 fully saturated rings. The van der Waals surface area contributed by atoms with E-state index in [1.54, 1.807) is 7.11 Å². The topological polar surface area (TPSA) is 107 Å². The Kier molecular flexibility index (Phi) is 9.29. The lowest BCUT2D eigenvalue weighted by atomic mass is 9.82. The molecule has 9 nitrogen and oxygen atoms in total. The molecule has 222 valence electrons. The van der Waals surface area contributed by atoms with Crippen molar-refractivity contribution in [2.24, 2.45) is 5.92 Å². The van der Waals surface area contributed by atoms with E-state index in [0.717, 1.165) is 40.8 Å². The molecule has 3 aromatic carbocycles. The summed E-state index contributed by atoms with van der Waals surface area (Å²) in [6.45, 7) is 5.58. The number of anilines is 1. The Morgan fingerprint density at radius 3 is 2.31 bits per heavy atom.